The van der Waals surface area contributed by atoms with Crippen LogP contribution in [0.4, 0.5) is 5.69 Å². The maximum Gasteiger partial charge on any atom is 0.308 e. The van der Waals surface area contributed by atoms with Crippen molar-refractivity contribution < 1.29 is 19.1 Å². The third-order valence-electron chi connectivity index (χ3n) is 4.32. The second-order valence-corrected chi connectivity index (χ2v) is 7.34. The van der Waals surface area contributed by atoms with Crippen molar-refractivity contribution in [2.45, 2.75) is 40.2 Å². The minimum atomic E-state index is -0.949. The van der Waals surface area contributed by atoms with E-state index in [1.807, 2.05) is 32.9 Å². The topological polar surface area (TPSA) is 84.5 Å². The Balaban J connectivity index is 1.80. The minimum absolute atomic E-state index is 0.0421. The van der Waals surface area contributed by atoms with Gasteiger partial charge in [0.25, 0.3) is 11.8 Å². The smallest absolute Gasteiger partial charge is 0.308 e. The third-order valence-corrected chi connectivity index (χ3v) is 4.58. The minimum Gasteiger partial charge on any atom is -0.452 e. The van der Waals surface area contributed by atoms with Gasteiger partial charge in [0.2, 0.25) is 0 Å². The van der Waals surface area contributed by atoms with E-state index >= 15 is 0 Å². The van der Waals surface area contributed by atoms with Gasteiger partial charge in [-0.2, -0.15) is 0 Å². The number of esters is 1. The van der Waals surface area contributed by atoms with Crippen LogP contribution >= 0.6 is 11.6 Å². The van der Waals surface area contributed by atoms with Crippen molar-refractivity contribution >= 4 is 35.1 Å². The summed E-state index contributed by atoms with van der Waals surface area (Å²) >= 11 is 5.79. The fourth-order valence-electron chi connectivity index (χ4n) is 2.89. The number of nitrogens with one attached hydrogen (secondary N) is 2. The number of anilines is 1. The molecule has 2 N–H and O–H groups in total. The molecule has 0 saturated carbocycles. The number of halogens is 1. The molecule has 2 aromatic carbocycles. The highest BCUT2D eigenvalue weighted by Crippen LogP contribution is 2.22. The molecular weight excluding hydrogens is 392 g/mol. The summed E-state index contributed by atoms with van der Waals surface area (Å²) in [6, 6.07) is 10.4. The molecule has 1 unspecified atom stereocenters. The quantitative estimate of drug-likeness (QED) is 0.669. The van der Waals surface area contributed by atoms with Crippen LogP contribution in [0, 0.1) is 20.8 Å². The highest BCUT2D eigenvalue weighted by molar-refractivity contribution is 6.30. The van der Waals surface area contributed by atoms with Gasteiger partial charge in [0.15, 0.2) is 6.10 Å². The first-order chi connectivity index (χ1) is 13.7. The normalized spacial score (nSPS) is 11.5. The van der Waals surface area contributed by atoms with Gasteiger partial charge < -0.3 is 15.4 Å². The molecule has 0 spiro atoms. The predicted molar refractivity (Wildman–Crippen MR) is 113 cm³/mol. The van der Waals surface area contributed by atoms with Crippen molar-refractivity contribution in [2.75, 3.05) is 11.9 Å². The van der Waals surface area contributed by atoms with E-state index in [1.54, 1.807) is 24.3 Å². The standard InChI is InChI=1S/C22H25ClN2O4/c1-13-11-14(2)20(15(3)12-13)25-21(27)16(4)29-19(26)9-10-24-22(28)17-5-7-18(23)8-6-17/h5-8,11-12,16H,9-10H2,1-4H3,(H,24,28)(H,25,27). The van der Waals surface area contributed by atoms with Crippen LogP contribution in [-0.4, -0.2) is 30.4 Å². The van der Waals surface area contributed by atoms with E-state index in [-0.39, 0.29) is 18.9 Å². The molecule has 0 aliphatic rings. The van der Waals surface area contributed by atoms with Crippen LogP contribution in [0.15, 0.2) is 36.4 Å². The van der Waals surface area contributed by atoms with E-state index in [1.165, 1.54) is 6.92 Å². The van der Waals surface area contributed by atoms with Gasteiger partial charge in [-0.15, -0.1) is 0 Å². The number of carbonyl (C=O) groups excluding carboxylic acids is 3. The summed E-state index contributed by atoms with van der Waals surface area (Å²) in [5.74, 6) is -1.29. The van der Waals surface area contributed by atoms with Crippen LogP contribution < -0.4 is 10.6 Å². The molecule has 0 fully saturated rings. The molecule has 154 valence electrons. The predicted octanol–water partition coefficient (Wildman–Crippen LogP) is 3.96. The van der Waals surface area contributed by atoms with Gasteiger partial charge in [-0.25, -0.2) is 0 Å². The molecule has 2 aromatic rings. The molecule has 0 bridgehead atoms. The number of aryl methyl sites for hydroxylation is 3. The lowest BCUT2D eigenvalue weighted by Crippen LogP contribution is -2.32. The summed E-state index contributed by atoms with van der Waals surface area (Å²) < 4.78 is 5.17. The Morgan fingerprint density at radius 3 is 2.21 bits per heavy atom. The Hall–Kier alpha value is -2.86. The summed E-state index contributed by atoms with van der Waals surface area (Å²) in [5, 5.41) is 5.98. The lowest BCUT2D eigenvalue weighted by molar-refractivity contribution is -0.153. The van der Waals surface area contributed by atoms with Gasteiger partial charge in [-0.1, -0.05) is 29.3 Å². The molecule has 0 saturated heterocycles. The molecule has 0 heterocycles. The fraction of sp³-hybridized carbons (Fsp3) is 0.318. The number of hydrogen-bond donors (Lipinski definition) is 2. The van der Waals surface area contributed by atoms with Crippen molar-refractivity contribution in [2.24, 2.45) is 0 Å². The Labute approximate surface area is 175 Å². The average Bonchev–Trinajstić information content (AvgIpc) is 2.64. The van der Waals surface area contributed by atoms with Crippen molar-refractivity contribution in [3.8, 4) is 0 Å². The summed E-state index contributed by atoms with van der Waals surface area (Å²) in [4.78, 5) is 36.3. The largest absolute Gasteiger partial charge is 0.452 e. The van der Waals surface area contributed by atoms with Crippen molar-refractivity contribution in [3.05, 3.63) is 63.7 Å². The van der Waals surface area contributed by atoms with Gasteiger partial charge in [-0.3, -0.25) is 14.4 Å². The molecule has 2 amide bonds. The summed E-state index contributed by atoms with van der Waals surface area (Å²) in [5.41, 5.74) is 4.16. The second-order valence-electron chi connectivity index (χ2n) is 6.91. The van der Waals surface area contributed by atoms with Gasteiger partial charge in [-0.05, 0) is 63.1 Å². The lowest BCUT2D eigenvalue weighted by Gasteiger charge is -2.17. The molecule has 0 aliphatic heterocycles. The molecule has 0 aliphatic carbocycles. The van der Waals surface area contributed by atoms with E-state index in [0.29, 0.717) is 10.6 Å². The Morgan fingerprint density at radius 1 is 1.03 bits per heavy atom. The maximum atomic E-state index is 12.4. The number of carbonyl (C=O) groups is 3. The Kier molecular flexibility index (Phi) is 7.79. The molecule has 2 rings (SSSR count). The van der Waals surface area contributed by atoms with Crippen LogP contribution in [0.3, 0.4) is 0 Å². The van der Waals surface area contributed by atoms with Gasteiger partial charge in [0, 0.05) is 22.8 Å². The number of rotatable bonds is 7. The molecular formula is C22H25ClN2O4. The SMILES string of the molecule is Cc1cc(C)c(NC(=O)C(C)OC(=O)CCNC(=O)c2ccc(Cl)cc2)c(C)c1. The second kappa shape index (κ2) is 10.1. The molecule has 6 nitrogen and oxygen atoms in total. The zero-order chi connectivity index (χ0) is 21.6. The molecule has 0 aromatic heterocycles. The van der Waals surface area contributed by atoms with E-state index in [2.05, 4.69) is 10.6 Å². The summed E-state index contributed by atoms with van der Waals surface area (Å²) in [6.45, 7) is 7.43. The number of ether oxygens (including phenoxy) is 1. The van der Waals surface area contributed by atoms with Gasteiger partial charge in [0.1, 0.15) is 0 Å². The van der Waals surface area contributed by atoms with E-state index in [0.717, 1.165) is 22.4 Å². The first-order valence-corrected chi connectivity index (χ1v) is 9.67. The van der Waals surface area contributed by atoms with Crippen molar-refractivity contribution in [1.82, 2.24) is 5.32 Å². The van der Waals surface area contributed by atoms with Crippen LogP contribution in [0.5, 0.6) is 0 Å². The van der Waals surface area contributed by atoms with Crippen LogP contribution in [0.25, 0.3) is 0 Å². The number of benzene rings is 2. The number of hydrogen-bond acceptors (Lipinski definition) is 4. The Morgan fingerprint density at radius 2 is 1.62 bits per heavy atom. The molecule has 7 heteroatoms. The average molecular weight is 417 g/mol. The van der Waals surface area contributed by atoms with E-state index in [4.69, 9.17) is 16.3 Å². The van der Waals surface area contributed by atoms with E-state index in [9.17, 15) is 14.4 Å². The summed E-state index contributed by atoms with van der Waals surface area (Å²) in [7, 11) is 0. The molecule has 0 radical (unpaired) electrons. The van der Waals surface area contributed by atoms with Gasteiger partial charge >= 0.3 is 5.97 Å². The Bertz CT molecular complexity index is 887. The van der Waals surface area contributed by atoms with Crippen LogP contribution in [0.1, 0.15) is 40.4 Å². The molecule has 1 atom stereocenters. The van der Waals surface area contributed by atoms with Crippen molar-refractivity contribution in [3.63, 3.8) is 0 Å². The lowest BCUT2D eigenvalue weighted by atomic mass is 10.0. The summed E-state index contributed by atoms with van der Waals surface area (Å²) in [6.07, 6.45) is -0.992. The van der Waals surface area contributed by atoms with Crippen molar-refractivity contribution in [1.29, 1.82) is 0 Å². The third kappa shape index (κ3) is 6.61. The zero-order valence-electron chi connectivity index (χ0n) is 17.0. The van der Waals surface area contributed by atoms with E-state index < -0.39 is 18.0 Å². The molecule has 29 heavy (non-hydrogen) atoms. The highest BCUT2D eigenvalue weighted by atomic mass is 35.5. The van der Waals surface area contributed by atoms with Crippen LogP contribution in [0.2, 0.25) is 5.02 Å². The van der Waals surface area contributed by atoms with Crippen LogP contribution in [-0.2, 0) is 14.3 Å². The zero-order valence-corrected chi connectivity index (χ0v) is 17.7. The first kappa shape index (κ1) is 22.4. The fourth-order valence-corrected chi connectivity index (χ4v) is 3.02. The highest BCUT2D eigenvalue weighted by Gasteiger charge is 2.19. The maximum absolute atomic E-state index is 12.4. The van der Waals surface area contributed by atoms with Gasteiger partial charge in [0.05, 0.1) is 6.42 Å². The monoisotopic (exact) mass is 416 g/mol. The first-order valence-electron chi connectivity index (χ1n) is 9.29. The number of amides is 2.